The van der Waals surface area contributed by atoms with Crippen LogP contribution in [0.25, 0.3) is 0 Å². The summed E-state index contributed by atoms with van der Waals surface area (Å²) in [7, 11) is 0. The van der Waals surface area contributed by atoms with Crippen molar-refractivity contribution in [1.82, 2.24) is 4.90 Å². The lowest BCUT2D eigenvalue weighted by Crippen LogP contribution is -2.79. The molecule has 106 valence electrons. The average Bonchev–Trinajstić information content (AvgIpc) is 2.35. The number of hydrogen-bond acceptors (Lipinski definition) is 3. The molecule has 19 heavy (non-hydrogen) atoms. The molecule has 0 aromatic carbocycles. The summed E-state index contributed by atoms with van der Waals surface area (Å²) in [5.41, 5.74) is -0.766. The van der Waals surface area contributed by atoms with Gasteiger partial charge in [-0.15, -0.1) is 0 Å². The van der Waals surface area contributed by atoms with Gasteiger partial charge in [-0.3, -0.25) is 9.69 Å². The number of carbonyl (C=O) groups excluding carboxylic acids is 1. The molecular formula is C16H25NO2. The van der Waals surface area contributed by atoms with E-state index in [1.54, 1.807) is 0 Å². The zero-order chi connectivity index (χ0) is 13.3. The fourth-order valence-corrected chi connectivity index (χ4v) is 6.15. The summed E-state index contributed by atoms with van der Waals surface area (Å²) >= 11 is 0. The monoisotopic (exact) mass is 263 g/mol. The van der Waals surface area contributed by atoms with Gasteiger partial charge >= 0.3 is 0 Å². The van der Waals surface area contributed by atoms with Gasteiger partial charge < -0.3 is 5.11 Å². The molecular weight excluding hydrogens is 238 g/mol. The Morgan fingerprint density at radius 2 is 2.11 bits per heavy atom. The predicted molar refractivity (Wildman–Crippen MR) is 72.7 cm³/mol. The van der Waals surface area contributed by atoms with Gasteiger partial charge in [-0.25, -0.2) is 0 Å². The van der Waals surface area contributed by atoms with Gasteiger partial charge in [0.2, 0.25) is 0 Å². The number of nitrogens with zero attached hydrogens (tertiary/aromatic N) is 1. The Morgan fingerprint density at radius 3 is 2.95 bits per heavy atom. The predicted octanol–water partition coefficient (Wildman–Crippen LogP) is 1.98. The summed E-state index contributed by atoms with van der Waals surface area (Å²) in [6.45, 7) is 4.49. The highest BCUT2D eigenvalue weighted by Crippen LogP contribution is 2.61. The fraction of sp³-hybridized carbons (Fsp3) is 0.938. The molecule has 2 heterocycles. The molecule has 2 saturated heterocycles. The fourth-order valence-electron chi connectivity index (χ4n) is 6.15. The van der Waals surface area contributed by atoms with Gasteiger partial charge in [-0.1, -0.05) is 6.92 Å². The van der Waals surface area contributed by atoms with Gasteiger partial charge in [0, 0.05) is 12.3 Å². The number of Topliss-reactive ketones (excluding diaryl/α,β-unsaturated/α-hetero) is 1. The smallest absolute Gasteiger partial charge is 0.138 e. The topological polar surface area (TPSA) is 40.5 Å². The molecule has 1 spiro atoms. The Balaban J connectivity index is 1.89. The highest BCUT2D eigenvalue weighted by Gasteiger charge is 2.69. The Morgan fingerprint density at radius 1 is 1.32 bits per heavy atom. The van der Waals surface area contributed by atoms with Crippen molar-refractivity contribution < 1.29 is 9.90 Å². The lowest BCUT2D eigenvalue weighted by molar-refractivity contribution is -0.249. The van der Waals surface area contributed by atoms with E-state index in [4.69, 9.17) is 0 Å². The Labute approximate surface area is 115 Å². The van der Waals surface area contributed by atoms with Crippen molar-refractivity contribution in [3.63, 3.8) is 0 Å². The van der Waals surface area contributed by atoms with E-state index < -0.39 is 5.60 Å². The van der Waals surface area contributed by atoms with E-state index in [9.17, 15) is 9.90 Å². The van der Waals surface area contributed by atoms with Crippen LogP contribution < -0.4 is 0 Å². The van der Waals surface area contributed by atoms with Crippen molar-refractivity contribution in [3.05, 3.63) is 0 Å². The molecule has 3 nitrogen and oxygen atoms in total. The van der Waals surface area contributed by atoms with Crippen molar-refractivity contribution in [3.8, 4) is 0 Å². The average molecular weight is 263 g/mol. The summed E-state index contributed by atoms with van der Waals surface area (Å²) < 4.78 is 0. The molecule has 0 aromatic rings. The molecule has 4 rings (SSSR count). The second-order valence-electron chi connectivity index (χ2n) is 7.55. The number of ketones is 1. The van der Waals surface area contributed by atoms with E-state index in [1.165, 1.54) is 0 Å². The largest absolute Gasteiger partial charge is 0.388 e. The highest BCUT2D eigenvalue weighted by atomic mass is 16.3. The molecule has 0 aromatic heterocycles. The lowest BCUT2D eigenvalue weighted by atomic mass is 9.46. The lowest BCUT2D eigenvalue weighted by Gasteiger charge is -2.69. The van der Waals surface area contributed by atoms with Gasteiger partial charge in [0.1, 0.15) is 5.78 Å². The normalized spacial score (nSPS) is 53.8. The minimum Gasteiger partial charge on any atom is -0.388 e. The van der Waals surface area contributed by atoms with Crippen LogP contribution in [-0.2, 0) is 4.79 Å². The number of aliphatic hydroxyl groups is 1. The zero-order valence-corrected chi connectivity index (χ0v) is 11.9. The van der Waals surface area contributed by atoms with Crippen LogP contribution in [0.1, 0.15) is 51.9 Å². The molecule has 2 aliphatic carbocycles. The van der Waals surface area contributed by atoms with Gasteiger partial charge in [0.05, 0.1) is 11.1 Å². The van der Waals surface area contributed by atoms with Crippen molar-refractivity contribution in [2.75, 3.05) is 13.1 Å². The minimum atomic E-state index is -0.573. The molecule has 0 amide bonds. The zero-order valence-electron chi connectivity index (χ0n) is 11.9. The van der Waals surface area contributed by atoms with Crippen LogP contribution in [0.3, 0.4) is 0 Å². The molecule has 1 N–H and O–H groups in total. The first-order valence-corrected chi connectivity index (χ1v) is 8.08. The maximum Gasteiger partial charge on any atom is 0.138 e. The van der Waals surface area contributed by atoms with Gasteiger partial charge in [0.25, 0.3) is 0 Å². The summed E-state index contributed by atoms with van der Waals surface area (Å²) in [5.74, 6) is 1.44. The van der Waals surface area contributed by atoms with Gasteiger partial charge in [-0.2, -0.15) is 0 Å². The molecule has 2 bridgehead atoms. The minimum absolute atomic E-state index is 0.116. The first-order chi connectivity index (χ1) is 9.08. The third-order valence-corrected chi connectivity index (χ3v) is 6.66. The molecule has 3 heteroatoms. The number of piperidine rings is 2. The maximum atomic E-state index is 12.6. The van der Waals surface area contributed by atoms with Crippen LogP contribution >= 0.6 is 0 Å². The van der Waals surface area contributed by atoms with Crippen molar-refractivity contribution in [2.24, 2.45) is 17.8 Å². The molecule has 4 fully saturated rings. The van der Waals surface area contributed by atoms with Crippen LogP contribution in [0, 0.1) is 17.8 Å². The second kappa shape index (κ2) is 3.82. The standard InChI is InChI=1S/C16H25NO2/c1-11-8-12-9-14(18)13-4-2-6-17-7-3-5-16(12,19)15(13,17)10-11/h11-13,19H,2-10H2,1H3/t11-,12+,13-,15+,16+/m1/s1. The maximum absolute atomic E-state index is 12.6. The molecule has 5 atom stereocenters. The summed E-state index contributed by atoms with van der Waals surface area (Å²) in [4.78, 5) is 15.1. The van der Waals surface area contributed by atoms with E-state index in [0.717, 1.165) is 51.6 Å². The Bertz CT molecular complexity index is 421. The van der Waals surface area contributed by atoms with Crippen LogP contribution in [-0.4, -0.2) is 40.0 Å². The van der Waals surface area contributed by atoms with E-state index in [0.29, 0.717) is 18.1 Å². The van der Waals surface area contributed by atoms with Crippen LogP contribution in [0.15, 0.2) is 0 Å². The van der Waals surface area contributed by atoms with Gasteiger partial charge in [0.15, 0.2) is 0 Å². The Hall–Kier alpha value is -0.410. The molecule has 2 saturated carbocycles. The van der Waals surface area contributed by atoms with E-state index in [1.807, 2.05) is 0 Å². The first kappa shape index (κ1) is 12.3. The molecule has 0 radical (unpaired) electrons. The third kappa shape index (κ3) is 1.33. The van der Waals surface area contributed by atoms with E-state index in [2.05, 4.69) is 11.8 Å². The van der Waals surface area contributed by atoms with Crippen molar-refractivity contribution in [2.45, 2.75) is 63.0 Å². The van der Waals surface area contributed by atoms with Crippen LogP contribution in [0.5, 0.6) is 0 Å². The van der Waals surface area contributed by atoms with E-state index in [-0.39, 0.29) is 17.4 Å². The van der Waals surface area contributed by atoms with E-state index >= 15 is 0 Å². The highest BCUT2D eigenvalue weighted by molar-refractivity contribution is 5.85. The Kier molecular flexibility index (Phi) is 2.48. The quantitative estimate of drug-likeness (QED) is 0.726. The van der Waals surface area contributed by atoms with Crippen LogP contribution in [0.4, 0.5) is 0 Å². The van der Waals surface area contributed by atoms with Gasteiger partial charge in [-0.05, 0) is 63.5 Å². The molecule has 4 aliphatic rings. The third-order valence-electron chi connectivity index (χ3n) is 6.66. The number of carbonyl (C=O) groups is 1. The second-order valence-corrected chi connectivity index (χ2v) is 7.55. The first-order valence-electron chi connectivity index (χ1n) is 8.08. The SMILES string of the molecule is C[C@@H]1C[C@H]2CC(=O)[C@H]3CCCN4CCC[C@@]2(O)[C@]34C1. The summed E-state index contributed by atoms with van der Waals surface area (Å²) in [6, 6.07) is 0. The number of rotatable bonds is 0. The summed E-state index contributed by atoms with van der Waals surface area (Å²) in [5, 5.41) is 11.5. The molecule has 0 unspecified atom stereocenters. The van der Waals surface area contributed by atoms with Crippen LogP contribution in [0.2, 0.25) is 0 Å². The van der Waals surface area contributed by atoms with Crippen molar-refractivity contribution >= 4 is 5.78 Å². The van der Waals surface area contributed by atoms with Crippen molar-refractivity contribution in [1.29, 1.82) is 0 Å². The number of hydrogen-bond donors (Lipinski definition) is 1. The summed E-state index contributed by atoms with van der Waals surface area (Å²) in [6.07, 6.45) is 6.89. The molecule has 2 aliphatic heterocycles.